The van der Waals surface area contributed by atoms with Crippen LogP contribution in [0.4, 0.5) is 0 Å². The van der Waals surface area contributed by atoms with Crippen molar-refractivity contribution in [3.63, 3.8) is 0 Å². The second-order valence-corrected chi connectivity index (χ2v) is 7.32. The number of hydrogen-bond acceptors (Lipinski definition) is 3. The van der Waals surface area contributed by atoms with Crippen molar-refractivity contribution in [3.05, 3.63) is 0 Å². The highest BCUT2D eigenvalue weighted by molar-refractivity contribution is 4.98. The largest absolute Gasteiger partial charge is 0.390 e. The van der Waals surface area contributed by atoms with Gasteiger partial charge < -0.3 is 14.6 Å². The fraction of sp³-hybridized carbons (Fsp3) is 1.00. The van der Waals surface area contributed by atoms with Crippen LogP contribution >= 0.6 is 0 Å². The molecule has 1 unspecified atom stereocenters. The minimum Gasteiger partial charge on any atom is -0.390 e. The maximum atomic E-state index is 11.1. The van der Waals surface area contributed by atoms with Crippen LogP contribution in [0.15, 0.2) is 0 Å². The van der Waals surface area contributed by atoms with Crippen LogP contribution < -0.4 is 0 Å². The molecule has 0 amide bonds. The molecule has 0 radical (unpaired) electrons. The van der Waals surface area contributed by atoms with Gasteiger partial charge in [0.2, 0.25) is 0 Å². The summed E-state index contributed by atoms with van der Waals surface area (Å²) in [5, 5.41) is 11.1. The monoisotopic (exact) mass is 282 g/mol. The van der Waals surface area contributed by atoms with Gasteiger partial charge in [0.25, 0.3) is 0 Å². The minimum atomic E-state index is -0.455. The van der Waals surface area contributed by atoms with Gasteiger partial charge in [0, 0.05) is 13.7 Å². The summed E-state index contributed by atoms with van der Waals surface area (Å²) in [5.74, 6) is 0.437. The van der Waals surface area contributed by atoms with Gasteiger partial charge in [0.05, 0.1) is 17.3 Å². The number of ether oxygens (including phenoxy) is 2. The van der Waals surface area contributed by atoms with Gasteiger partial charge in [-0.05, 0) is 57.3 Å². The third-order valence-corrected chi connectivity index (χ3v) is 6.15. The Bertz CT molecular complexity index is 309. The van der Waals surface area contributed by atoms with E-state index >= 15 is 0 Å². The molecule has 1 atom stereocenters. The second kappa shape index (κ2) is 5.94. The third kappa shape index (κ3) is 2.90. The predicted molar refractivity (Wildman–Crippen MR) is 78.7 cm³/mol. The van der Waals surface area contributed by atoms with E-state index < -0.39 is 5.60 Å². The molecule has 1 aliphatic heterocycles. The molecule has 2 aliphatic carbocycles. The highest BCUT2D eigenvalue weighted by Crippen LogP contribution is 2.47. The quantitative estimate of drug-likeness (QED) is 0.843. The number of hydrogen-bond donors (Lipinski definition) is 1. The summed E-state index contributed by atoms with van der Waals surface area (Å²) in [6.45, 7) is 0.848. The lowest BCUT2D eigenvalue weighted by atomic mass is 9.66. The van der Waals surface area contributed by atoms with Gasteiger partial charge in [-0.1, -0.05) is 19.3 Å². The van der Waals surface area contributed by atoms with Crippen LogP contribution in [-0.4, -0.2) is 36.1 Å². The topological polar surface area (TPSA) is 38.7 Å². The predicted octanol–water partition coefficient (Wildman–Crippen LogP) is 3.44. The standard InChI is InChI=1S/C17H30O3/c1-19-15-5-10-17(18,11-6-15)14-7-12-20-16(13-14)8-3-2-4-9-16/h14-15,18H,2-13H2,1H3. The van der Waals surface area contributed by atoms with Crippen LogP contribution in [-0.2, 0) is 9.47 Å². The lowest BCUT2D eigenvalue weighted by molar-refractivity contribution is -0.169. The molecule has 0 aromatic carbocycles. The van der Waals surface area contributed by atoms with Crippen molar-refractivity contribution in [2.45, 2.75) is 87.9 Å². The van der Waals surface area contributed by atoms with Crippen LogP contribution in [0.5, 0.6) is 0 Å². The lowest BCUT2D eigenvalue weighted by Crippen LogP contribution is -2.51. The zero-order valence-electron chi connectivity index (χ0n) is 12.9. The summed E-state index contributed by atoms with van der Waals surface area (Å²) in [5.41, 5.74) is -0.349. The van der Waals surface area contributed by atoms with E-state index in [9.17, 15) is 5.11 Å². The first kappa shape index (κ1) is 14.8. The molecule has 3 aliphatic rings. The van der Waals surface area contributed by atoms with Crippen molar-refractivity contribution in [2.75, 3.05) is 13.7 Å². The first-order chi connectivity index (χ1) is 9.66. The Hall–Kier alpha value is -0.120. The molecule has 3 heteroatoms. The van der Waals surface area contributed by atoms with Gasteiger partial charge in [-0.25, -0.2) is 0 Å². The van der Waals surface area contributed by atoms with E-state index in [1.165, 1.54) is 32.1 Å². The molecule has 116 valence electrons. The van der Waals surface area contributed by atoms with Crippen molar-refractivity contribution in [1.82, 2.24) is 0 Å². The number of aliphatic hydroxyl groups is 1. The normalized spacial score (nSPS) is 41.7. The summed E-state index contributed by atoms with van der Waals surface area (Å²) >= 11 is 0. The average molecular weight is 282 g/mol. The van der Waals surface area contributed by atoms with E-state index in [4.69, 9.17) is 9.47 Å². The zero-order chi connectivity index (χ0) is 14.1. The van der Waals surface area contributed by atoms with Gasteiger partial charge in [-0.3, -0.25) is 0 Å². The van der Waals surface area contributed by atoms with E-state index in [1.807, 2.05) is 0 Å². The smallest absolute Gasteiger partial charge is 0.0686 e. The summed E-state index contributed by atoms with van der Waals surface area (Å²) in [4.78, 5) is 0. The van der Waals surface area contributed by atoms with Gasteiger partial charge in [-0.15, -0.1) is 0 Å². The Morgan fingerprint density at radius 3 is 2.35 bits per heavy atom. The number of methoxy groups -OCH3 is 1. The summed E-state index contributed by atoms with van der Waals surface area (Å²) in [7, 11) is 1.79. The van der Waals surface area contributed by atoms with Crippen molar-refractivity contribution in [3.8, 4) is 0 Å². The molecule has 1 N–H and O–H groups in total. The molecule has 2 saturated carbocycles. The molecule has 1 spiro atoms. The van der Waals surface area contributed by atoms with E-state index in [0.717, 1.165) is 45.1 Å². The van der Waals surface area contributed by atoms with Crippen LogP contribution in [0.1, 0.15) is 70.6 Å². The summed E-state index contributed by atoms with van der Waals surface area (Å²) in [6, 6.07) is 0. The van der Waals surface area contributed by atoms with Crippen molar-refractivity contribution in [2.24, 2.45) is 5.92 Å². The molecule has 0 aromatic rings. The third-order valence-electron chi connectivity index (χ3n) is 6.15. The van der Waals surface area contributed by atoms with Crippen LogP contribution in [0, 0.1) is 5.92 Å². The van der Waals surface area contributed by atoms with E-state index in [0.29, 0.717) is 12.0 Å². The fourth-order valence-electron chi connectivity index (χ4n) is 4.77. The van der Waals surface area contributed by atoms with Gasteiger partial charge in [-0.2, -0.15) is 0 Å². The zero-order valence-corrected chi connectivity index (χ0v) is 12.9. The molecule has 1 heterocycles. The van der Waals surface area contributed by atoms with Gasteiger partial charge >= 0.3 is 0 Å². The molecule has 0 aromatic heterocycles. The Kier molecular flexibility index (Phi) is 4.40. The lowest BCUT2D eigenvalue weighted by Gasteiger charge is -2.50. The van der Waals surface area contributed by atoms with E-state index in [-0.39, 0.29) is 5.60 Å². The highest BCUT2D eigenvalue weighted by Gasteiger charge is 2.47. The molecular weight excluding hydrogens is 252 g/mol. The Labute approximate surface area is 123 Å². The minimum absolute atomic E-state index is 0.106. The maximum Gasteiger partial charge on any atom is 0.0686 e. The SMILES string of the molecule is COC1CCC(O)(C2CCOC3(CCCCC3)C2)CC1. The van der Waals surface area contributed by atoms with Crippen molar-refractivity contribution >= 4 is 0 Å². The molecular formula is C17H30O3. The highest BCUT2D eigenvalue weighted by atomic mass is 16.5. The molecule has 3 nitrogen and oxygen atoms in total. The van der Waals surface area contributed by atoms with Crippen molar-refractivity contribution in [1.29, 1.82) is 0 Å². The molecule has 3 rings (SSSR count). The maximum absolute atomic E-state index is 11.1. The molecule has 20 heavy (non-hydrogen) atoms. The van der Waals surface area contributed by atoms with Gasteiger partial charge in [0.15, 0.2) is 0 Å². The Morgan fingerprint density at radius 2 is 1.70 bits per heavy atom. The summed E-state index contributed by atoms with van der Waals surface area (Å²) < 4.78 is 11.6. The fourth-order valence-corrected chi connectivity index (χ4v) is 4.77. The Balaban J connectivity index is 1.64. The Morgan fingerprint density at radius 1 is 1.00 bits per heavy atom. The first-order valence-corrected chi connectivity index (χ1v) is 8.55. The second-order valence-electron chi connectivity index (χ2n) is 7.32. The van der Waals surface area contributed by atoms with Crippen molar-refractivity contribution < 1.29 is 14.6 Å². The summed E-state index contributed by atoms with van der Waals surface area (Å²) in [6.07, 6.45) is 12.7. The number of rotatable bonds is 2. The van der Waals surface area contributed by atoms with E-state index in [1.54, 1.807) is 7.11 Å². The van der Waals surface area contributed by atoms with Crippen LogP contribution in [0.25, 0.3) is 0 Å². The van der Waals surface area contributed by atoms with E-state index in [2.05, 4.69) is 0 Å². The van der Waals surface area contributed by atoms with Crippen LogP contribution in [0.2, 0.25) is 0 Å². The molecule has 3 fully saturated rings. The first-order valence-electron chi connectivity index (χ1n) is 8.55. The van der Waals surface area contributed by atoms with Gasteiger partial charge in [0.1, 0.15) is 0 Å². The molecule has 1 saturated heterocycles. The average Bonchev–Trinajstić information content (AvgIpc) is 2.49. The molecule has 0 bridgehead atoms. The van der Waals surface area contributed by atoms with Crippen LogP contribution in [0.3, 0.4) is 0 Å².